The Morgan fingerprint density at radius 2 is 2.27 bits per heavy atom. The molecule has 1 N–H and O–H groups in total. The minimum absolute atomic E-state index is 0.400. The third-order valence-electron chi connectivity index (χ3n) is 1.84. The first kappa shape index (κ1) is 9.92. The van der Waals surface area contributed by atoms with Crippen molar-refractivity contribution in [2.45, 2.75) is 6.54 Å². The molecule has 0 aliphatic heterocycles. The van der Waals surface area contributed by atoms with E-state index in [0.717, 1.165) is 11.5 Å². The Kier molecular flexibility index (Phi) is 2.82. The van der Waals surface area contributed by atoms with Gasteiger partial charge in [-0.05, 0) is 0 Å². The number of hydrogen-bond donors (Lipinski definition) is 1. The van der Waals surface area contributed by atoms with E-state index in [1.165, 1.54) is 6.20 Å². The van der Waals surface area contributed by atoms with E-state index in [0.29, 0.717) is 11.7 Å². The number of nitrogens with one attached hydrogen (secondary N) is 1. The highest BCUT2D eigenvalue weighted by molar-refractivity contribution is 6.29. The fourth-order valence-electron chi connectivity index (χ4n) is 1.12. The molecule has 0 saturated heterocycles. The minimum Gasteiger partial charge on any atom is -0.363 e. The molecule has 78 valence electrons. The zero-order valence-electron chi connectivity index (χ0n) is 8.18. The van der Waals surface area contributed by atoms with Crippen LogP contribution in [0.1, 0.15) is 5.69 Å². The molecule has 0 fully saturated rings. The average molecular weight is 224 g/mol. The summed E-state index contributed by atoms with van der Waals surface area (Å²) in [6.45, 7) is 0.585. The maximum absolute atomic E-state index is 5.62. The molecule has 0 unspecified atom stereocenters. The van der Waals surface area contributed by atoms with Gasteiger partial charge in [-0.3, -0.25) is 9.67 Å². The van der Waals surface area contributed by atoms with E-state index in [-0.39, 0.29) is 0 Å². The van der Waals surface area contributed by atoms with Crippen molar-refractivity contribution in [1.82, 2.24) is 19.7 Å². The summed E-state index contributed by atoms with van der Waals surface area (Å²) in [6.07, 6.45) is 5.03. The minimum atomic E-state index is 0.400. The largest absolute Gasteiger partial charge is 0.363 e. The Labute approximate surface area is 92.1 Å². The molecule has 2 aromatic heterocycles. The first-order chi connectivity index (χ1) is 7.24. The topological polar surface area (TPSA) is 55.6 Å². The van der Waals surface area contributed by atoms with Gasteiger partial charge in [0.25, 0.3) is 0 Å². The van der Waals surface area contributed by atoms with Crippen LogP contribution in [0, 0.1) is 0 Å². The Hall–Kier alpha value is -1.62. The Morgan fingerprint density at radius 1 is 1.40 bits per heavy atom. The molecule has 15 heavy (non-hydrogen) atoms. The summed E-state index contributed by atoms with van der Waals surface area (Å²) < 4.78 is 1.73. The second kappa shape index (κ2) is 4.27. The van der Waals surface area contributed by atoms with Gasteiger partial charge in [0.2, 0.25) is 0 Å². The smallest absolute Gasteiger partial charge is 0.148 e. The first-order valence-electron chi connectivity index (χ1n) is 4.44. The van der Waals surface area contributed by atoms with Crippen molar-refractivity contribution in [2.24, 2.45) is 7.05 Å². The lowest BCUT2D eigenvalue weighted by molar-refractivity contribution is 0.767. The summed E-state index contributed by atoms with van der Waals surface area (Å²) in [7, 11) is 1.87. The number of halogens is 1. The predicted octanol–water partition coefficient (Wildman–Crippen LogP) is 1.48. The van der Waals surface area contributed by atoms with E-state index in [1.807, 2.05) is 19.3 Å². The van der Waals surface area contributed by atoms with E-state index in [4.69, 9.17) is 11.6 Å². The van der Waals surface area contributed by atoms with Crippen molar-refractivity contribution in [1.29, 1.82) is 0 Å². The van der Waals surface area contributed by atoms with Crippen LogP contribution in [0.25, 0.3) is 0 Å². The lowest BCUT2D eigenvalue weighted by Gasteiger charge is -2.01. The number of rotatable bonds is 3. The summed E-state index contributed by atoms with van der Waals surface area (Å²) >= 11 is 5.62. The van der Waals surface area contributed by atoms with Crippen molar-refractivity contribution in [3.8, 4) is 0 Å². The van der Waals surface area contributed by atoms with Crippen molar-refractivity contribution < 1.29 is 0 Å². The van der Waals surface area contributed by atoms with E-state index >= 15 is 0 Å². The highest BCUT2D eigenvalue weighted by Crippen LogP contribution is 2.05. The van der Waals surface area contributed by atoms with E-state index < -0.39 is 0 Å². The van der Waals surface area contributed by atoms with Gasteiger partial charge >= 0.3 is 0 Å². The van der Waals surface area contributed by atoms with Crippen LogP contribution < -0.4 is 5.32 Å². The zero-order valence-corrected chi connectivity index (χ0v) is 8.94. The van der Waals surface area contributed by atoms with Crippen molar-refractivity contribution >= 4 is 17.4 Å². The maximum Gasteiger partial charge on any atom is 0.148 e. The average Bonchev–Trinajstić information content (AvgIpc) is 2.64. The molecule has 0 saturated carbocycles. The number of hydrogen-bond acceptors (Lipinski definition) is 4. The molecular weight excluding hydrogens is 214 g/mol. The lowest BCUT2D eigenvalue weighted by Crippen LogP contribution is -2.03. The molecule has 0 aliphatic carbocycles. The molecule has 0 atom stereocenters. The second-order valence-corrected chi connectivity index (χ2v) is 3.45. The summed E-state index contributed by atoms with van der Waals surface area (Å²) in [5.74, 6) is 0.814. The quantitative estimate of drug-likeness (QED) is 0.856. The van der Waals surface area contributed by atoms with Gasteiger partial charge in [-0.2, -0.15) is 5.10 Å². The van der Waals surface area contributed by atoms with Crippen LogP contribution in [0.4, 0.5) is 5.82 Å². The normalized spacial score (nSPS) is 10.3. The fraction of sp³-hybridized carbons (Fsp3) is 0.222. The first-order valence-corrected chi connectivity index (χ1v) is 4.82. The van der Waals surface area contributed by atoms with Crippen LogP contribution in [0.2, 0.25) is 5.15 Å². The number of aromatic nitrogens is 4. The standard InChI is InChI=1S/C9H10ClN5/c1-15-3-2-9(14-15)13-5-7-4-12-8(10)6-11-7/h2-4,6H,5H2,1H3,(H,13,14). The van der Waals surface area contributed by atoms with E-state index in [1.54, 1.807) is 10.9 Å². The van der Waals surface area contributed by atoms with Gasteiger partial charge < -0.3 is 5.32 Å². The van der Waals surface area contributed by atoms with Gasteiger partial charge in [0.15, 0.2) is 0 Å². The van der Waals surface area contributed by atoms with Crippen LogP contribution in [0.15, 0.2) is 24.7 Å². The predicted molar refractivity (Wildman–Crippen MR) is 57.6 cm³/mol. The number of aryl methyl sites for hydroxylation is 1. The van der Waals surface area contributed by atoms with Crippen molar-refractivity contribution in [3.63, 3.8) is 0 Å². The molecule has 0 aliphatic rings. The van der Waals surface area contributed by atoms with Crippen LogP contribution in [-0.4, -0.2) is 19.7 Å². The monoisotopic (exact) mass is 223 g/mol. The van der Waals surface area contributed by atoms with E-state index in [2.05, 4.69) is 20.4 Å². The Morgan fingerprint density at radius 3 is 2.87 bits per heavy atom. The summed E-state index contributed by atoms with van der Waals surface area (Å²) in [4.78, 5) is 8.04. The molecule has 0 aromatic carbocycles. The van der Waals surface area contributed by atoms with Gasteiger partial charge in [0.05, 0.1) is 24.6 Å². The molecule has 2 rings (SSSR count). The molecule has 2 aromatic rings. The summed E-state index contributed by atoms with van der Waals surface area (Å²) in [6, 6.07) is 1.89. The second-order valence-electron chi connectivity index (χ2n) is 3.06. The van der Waals surface area contributed by atoms with Crippen LogP contribution >= 0.6 is 11.6 Å². The fourth-order valence-corrected chi connectivity index (χ4v) is 1.22. The van der Waals surface area contributed by atoms with Crippen LogP contribution in [0.5, 0.6) is 0 Å². The van der Waals surface area contributed by atoms with Gasteiger partial charge in [0.1, 0.15) is 11.0 Å². The summed E-state index contributed by atoms with van der Waals surface area (Å²) in [5, 5.41) is 7.70. The number of nitrogens with zero attached hydrogens (tertiary/aromatic N) is 4. The molecule has 0 amide bonds. The third kappa shape index (κ3) is 2.66. The molecule has 0 radical (unpaired) electrons. The molecular formula is C9H10ClN5. The van der Waals surface area contributed by atoms with Crippen LogP contribution in [0.3, 0.4) is 0 Å². The van der Waals surface area contributed by atoms with Crippen molar-refractivity contribution in [2.75, 3.05) is 5.32 Å². The van der Waals surface area contributed by atoms with Gasteiger partial charge in [-0.25, -0.2) is 4.98 Å². The highest BCUT2D eigenvalue weighted by atomic mass is 35.5. The lowest BCUT2D eigenvalue weighted by atomic mass is 10.4. The zero-order chi connectivity index (χ0) is 10.7. The molecule has 2 heterocycles. The number of anilines is 1. The molecule has 6 heteroatoms. The van der Waals surface area contributed by atoms with Gasteiger partial charge in [0, 0.05) is 19.3 Å². The highest BCUT2D eigenvalue weighted by Gasteiger charge is 1.98. The molecule has 0 bridgehead atoms. The summed E-state index contributed by atoms with van der Waals surface area (Å²) in [5.41, 5.74) is 0.824. The van der Waals surface area contributed by atoms with Crippen LogP contribution in [-0.2, 0) is 13.6 Å². The SMILES string of the molecule is Cn1ccc(NCc2cnc(Cl)cn2)n1. The third-order valence-corrected chi connectivity index (χ3v) is 2.03. The molecule has 0 spiro atoms. The molecule has 5 nitrogen and oxygen atoms in total. The Balaban J connectivity index is 1.96. The van der Waals surface area contributed by atoms with E-state index in [9.17, 15) is 0 Å². The van der Waals surface area contributed by atoms with Gasteiger partial charge in [-0.1, -0.05) is 11.6 Å². The Bertz CT molecular complexity index is 436. The maximum atomic E-state index is 5.62. The van der Waals surface area contributed by atoms with Gasteiger partial charge in [-0.15, -0.1) is 0 Å². The van der Waals surface area contributed by atoms with Crippen molar-refractivity contribution in [3.05, 3.63) is 35.5 Å².